The van der Waals surface area contributed by atoms with Crippen molar-refractivity contribution in [3.05, 3.63) is 48.1 Å². The summed E-state index contributed by atoms with van der Waals surface area (Å²) < 4.78 is 0. The van der Waals surface area contributed by atoms with Gasteiger partial charge in [0, 0.05) is 0 Å². The molecule has 0 N–H and O–H groups in total. The van der Waals surface area contributed by atoms with E-state index in [0.29, 0.717) is 0 Å². The molecule has 0 atom stereocenters. The molecule has 1 aliphatic rings. The Kier molecular flexibility index (Phi) is 2.48. The molecule has 0 amide bonds. The summed E-state index contributed by atoms with van der Waals surface area (Å²) in [6, 6.07) is 0. The van der Waals surface area contributed by atoms with Crippen LogP contribution < -0.4 is 0 Å². The van der Waals surface area contributed by atoms with Crippen molar-refractivity contribution in [2.75, 3.05) is 0 Å². The van der Waals surface area contributed by atoms with Gasteiger partial charge in [0.2, 0.25) is 0 Å². The van der Waals surface area contributed by atoms with E-state index in [-0.39, 0.29) is 0 Å². The maximum absolute atomic E-state index is 3.95. The molecule has 0 aliphatic heterocycles. The molecule has 0 heteroatoms. The number of rotatable bonds is 1. The first-order chi connectivity index (χ1) is 5.20. The maximum Gasteiger partial charge on any atom is -0.0238 e. The molecule has 0 aromatic carbocycles. The van der Waals surface area contributed by atoms with Gasteiger partial charge in [0.05, 0.1) is 0 Å². The minimum absolute atomic E-state index is 1.11. The van der Waals surface area contributed by atoms with Crippen molar-refractivity contribution in [3.8, 4) is 0 Å². The van der Waals surface area contributed by atoms with Crippen molar-refractivity contribution in [3.63, 3.8) is 0 Å². The third-order valence-corrected chi connectivity index (χ3v) is 1.73. The van der Waals surface area contributed by atoms with Crippen molar-refractivity contribution in [2.24, 2.45) is 0 Å². The summed E-state index contributed by atoms with van der Waals surface area (Å²) in [4.78, 5) is 0. The molecule has 0 unspecified atom stereocenters. The Morgan fingerprint density at radius 3 is 2.91 bits per heavy atom. The Labute approximate surface area is 68.6 Å². The predicted molar refractivity (Wildman–Crippen MR) is 50.4 cm³/mol. The quantitative estimate of drug-likeness (QED) is 0.532. The van der Waals surface area contributed by atoms with Gasteiger partial charge in [-0.2, -0.15) is 0 Å². The van der Waals surface area contributed by atoms with Crippen LogP contribution >= 0.6 is 0 Å². The van der Waals surface area contributed by atoms with Crippen molar-refractivity contribution >= 4 is 0 Å². The highest BCUT2D eigenvalue weighted by Crippen LogP contribution is 2.22. The van der Waals surface area contributed by atoms with Gasteiger partial charge in [0.1, 0.15) is 0 Å². The van der Waals surface area contributed by atoms with Crippen LogP contribution in [0.1, 0.15) is 19.8 Å². The second kappa shape index (κ2) is 3.38. The number of allylic oxidation sites excluding steroid dienone is 6. The van der Waals surface area contributed by atoms with Gasteiger partial charge in [-0.1, -0.05) is 37.0 Å². The Balaban J connectivity index is 2.81. The highest BCUT2D eigenvalue weighted by Gasteiger charge is 2.02. The molecule has 0 fully saturated rings. The molecule has 0 spiro atoms. The molecule has 0 heterocycles. The fourth-order valence-corrected chi connectivity index (χ4v) is 1.19. The molecule has 1 aliphatic carbocycles. The third kappa shape index (κ3) is 2.23. The fraction of sp³-hybridized carbons (Fsp3) is 0.273. The minimum Gasteiger partial charge on any atom is -0.0961 e. The molecule has 0 saturated carbocycles. The molecule has 0 aromatic heterocycles. The van der Waals surface area contributed by atoms with Crippen LogP contribution in [0.15, 0.2) is 48.1 Å². The Hall–Kier alpha value is -1.04. The zero-order valence-corrected chi connectivity index (χ0v) is 7.06. The lowest BCUT2D eigenvalue weighted by atomic mass is 9.95. The van der Waals surface area contributed by atoms with Gasteiger partial charge in [0.25, 0.3) is 0 Å². The van der Waals surface area contributed by atoms with E-state index in [1.807, 2.05) is 6.92 Å². The van der Waals surface area contributed by atoms with Crippen LogP contribution in [0.25, 0.3) is 0 Å². The van der Waals surface area contributed by atoms with E-state index in [0.717, 1.165) is 24.0 Å². The topological polar surface area (TPSA) is 0 Å². The largest absolute Gasteiger partial charge is 0.0961 e. The Bertz CT molecular complexity index is 239. The zero-order chi connectivity index (χ0) is 8.27. The van der Waals surface area contributed by atoms with E-state index < -0.39 is 0 Å². The first-order valence-corrected chi connectivity index (χ1v) is 3.92. The van der Waals surface area contributed by atoms with Crippen molar-refractivity contribution < 1.29 is 0 Å². The van der Waals surface area contributed by atoms with Crippen LogP contribution in [0.4, 0.5) is 0 Å². The van der Waals surface area contributed by atoms with Gasteiger partial charge in [-0.15, -0.1) is 0 Å². The Morgan fingerprint density at radius 1 is 1.64 bits per heavy atom. The van der Waals surface area contributed by atoms with E-state index in [1.54, 1.807) is 0 Å². The van der Waals surface area contributed by atoms with E-state index in [9.17, 15) is 0 Å². The lowest BCUT2D eigenvalue weighted by molar-refractivity contribution is 0.968. The van der Waals surface area contributed by atoms with Gasteiger partial charge in [-0.3, -0.25) is 0 Å². The summed E-state index contributed by atoms with van der Waals surface area (Å²) in [6.07, 6.45) is 8.61. The molecule has 0 aromatic rings. The molecule has 1 rings (SSSR count). The lowest BCUT2D eigenvalue weighted by Crippen LogP contribution is -1.91. The van der Waals surface area contributed by atoms with Gasteiger partial charge in [0.15, 0.2) is 0 Å². The first-order valence-electron chi connectivity index (χ1n) is 3.92. The molecule has 0 nitrogen and oxygen atoms in total. The van der Waals surface area contributed by atoms with Crippen LogP contribution in [0.2, 0.25) is 0 Å². The summed E-state index contributed by atoms with van der Waals surface area (Å²) in [5, 5.41) is 0. The number of hydrogen-bond acceptors (Lipinski definition) is 0. The Morgan fingerprint density at radius 2 is 2.36 bits per heavy atom. The van der Waals surface area contributed by atoms with Crippen molar-refractivity contribution in [1.29, 1.82) is 0 Å². The van der Waals surface area contributed by atoms with Crippen LogP contribution in [0.5, 0.6) is 0 Å². The van der Waals surface area contributed by atoms with Crippen molar-refractivity contribution in [2.45, 2.75) is 19.8 Å². The highest BCUT2D eigenvalue weighted by molar-refractivity contribution is 5.43. The molecule has 0 bridgehead atoms. The normalized spacial score (nSPS) is 20.8. The summed E-state index contributed by atoms with van der Waals surface area (Å²) in [7, 11) is 0. The van der Waals surface area contributed by atoms with E-state index >= 15 is 0 Å². The van der Waals surface area contributed by atoms with Gasteiger partial charge in [-0.25, -0.2) is 0 Å². The average Bonchev–Trinajstić information content (AvgIpc) is 1.93. The van der Waals surface area contributed by atoms with Gasteiger partial charge >= 0.3 is 0 Å². The van der Waals surface area contributed by atoms with Crippen LogP contribution in [-0.4, -0.2) is 0 Å². The molecule has 11 heavy (non-hydrogen) atoms. The molecular weight excluding hydrogens is 132 g/mol. The predicted octanol–water partition coefficient (Wildman–Crippen LogP) is 3.40. The second-order valence-corrected chi connectivity index (χ2v) is 2.98. The molecule has 0 radical (unpaired) electrons. The smallest absolute Gasteiger partial charge is 0.0238 e. The first kappa shape index (κ1) is 8.06. The zero-order valence-electron chi connectivity index (χ0n) is 7.06. The van der Waals surface area contributed by atoms with Gasteiger partial charge in [-0.05, 0) is 30.9 Å². The highest BCUT2D eigenvalue weighted by atomic mass is 14.1. The molecular formula is C11H14. The molecule has 58 valence electrons. The van der Waals surface area contributed by atoms with E-state index in [4.69, 9.17) is 0 Å². The SMILES string of the molecule is C=C(C)/C=C1/CCC=CC1=C. The van der Waals surface area contributed by atoms with Crippen LogP contribution in [0.3, 0.4) is 0 Å². The summed E-state index contributed by atoms with van der Waals surface area (Å²) in [5.41, 5.74) is 3.58. The van der Waals surface area contributed by atoms with Crippen LogP contribution in [0, 0.1) is 0 Å². The van der Waals surface area contributed by atoms with Crippen LogP contribution in [-0.2, 0) is 0 Å². The third-order valence-electron chi connectivity index (χ3n) is 1.73. The van der Waals surface area contributed by atoms with E-state index in [1.165, 1.54) is 5.57 Å². The summed E-state index contributed by atoms with van der Waals surface area (Å²) in [6.45, 7) is 9.81. The summed E-state index contributed by atoms with van der Waals surface area (Å²) in [5.74, 6) is 0. The van der Waals surface area contributed by atoms with Crippen molar-refractivity contribution in [1.82, 2.24) is 0 Å². The second-order valence-electron chi connectivity index (χ2n) is 2.98. The van der Waals surface area contributed by atoms with E-state index in [2.05, 4.69) is 31.4 Å². The maximum atomic E-state index is 3.95. The average molecular weight is 146 g/mol. The van der Waals surface area contributed by atoms with Gasteiger partial charge < -0.3 is 0 Å². The minimum atomic E-state index is 1.11. The number of hydrogen-bond donors (Lipinski definition) is 0. The standard InChI is InChI=1S/C11H14/c1-9(2)8-11-7-5-4-6-10(11)3/h4,6,8H,1,3,5,7H2,2H3/b11-8-. The molecule has 0 saturated heterocycles. The monoisotopic (exact) mass is 146 g/mol. The lowest BCUT2D eigenvalue weighted by Gasteiger charge is -2.10. The summed E-state index contributed by atoms with van der Waals surface area (Å²) >= 11 is 0. The fourth-order valence-electron chi connectivity index (χ4n) is 1.19.